The maximum atomic E-state index is 6.28. The fourth-order valence-electron chi connectivity index (χ4n) is 3.00. The highest BCUT2D eigenvalue weighted by molar-refractivity contribution is 5.66. The Morgan fingerprint density at radius 1 is 1.15 bits per heavy atom. The van der Waals surface area contributed by atoms with E-state index in [2.05, 4.69) is 43.8 Å². The van der Waals surface area contributed by atoms with E-state index in [1.165, 1.54) is 50.5 Å². The molecular weight excluding hydrogens is 244 g/mol. The Morgan fingerprint density at radius 2 is 1.95 bits per heavy atom. The van der Waals surface area contributed by atoms with E-state index in [0.29, 0.717) is 6.10 Å². The van der Waals surface area contributed by atoms with Crippen molar-refractivity contribution in [3.63, 3.8) is 0 Å². The Balaban J connectivity index is 1.82. The van der Waals surface area contributed by atoms with Crippen molar-refractivity contribution in [1.29, 1.82) is 0 Å². The molecule has 110 valence electrons. The molecule has 1 saturated heterocycles. The zero-order valence-corrected chi connectivity index (χ0v) is 12.8. The van der Waals surface area contributed by atoms with Gasteiger partial charge in [-0.05, 0) is 36.8 Å². The summed E-state index contributed by atoms with van der Waals surface area (Å²) in [6.45, 7) is 6.53. The minimum absolute atomic E-state index is 0.224. The van der Waals surface area contributed by atoms with Crippen LogP contribution < -0.4 is 0 Å². The molecule has 1 heterocycles. The second-order valence-corrected chi connectivity index (χ2v) is 5.92. The van der Waals surface area contributed by atoms with Gasteiger partial charge in [0.15, 0.2) is 0 Å². The first-order chi connectivity index (χ1) is 9.81. The van der Waals surface area contributed by atoms with E-state index in [4.69, 9.17) is 4.74 Å². The van der Waals surface area contributed by atoms with E-state index in [9.17, 15) is 0 Å². The molecule has 0 spiro atoms. The first-order valence-corrected chi connectivity index (χ1v) is 8.21. The summed E-state index contributed by atoms with van der Waals surface area (Å²) in [6.07, 6.45) is 10.8. The fourth-order valence-corrected chi connectivity index (χ4v) is 3.00. The highest BCUT2D eigenvalue weighted by Crippen LogP contribution is 2.30. The average molecular weight is 272 g/mol. The zero-order valence-electron chi connectivity index (χ0n) is 12.8. The molecule has 0 aromatic heterocycles. The number of rotatable bonds is 7. The quantitative estimate of drug-likeness (QED) is 0.586. The van der Waals surface area contributed by atoms with Crippen LogP contribution >= 0.6 is 0 Å². The predicted octanol–water partition coefficient (Wildman–Crippen LogP) is 5.61. The Labute approximate surface area is 124 Å². The van der Waals surface area contributed by atoms with Crippen LogP contribution in [0, 0.1) is 0 Å². The van der Waals surface area contributed by atoms with Crippen LogP contribution in [0.4, 0.5) is 0 Å². The lowest BCUT2D eigenvalue weighted by Crippen LogP contribution is -2.28. The van der Waals surface area contributed by atoms with Gasteiger partial charge in [0.2, 0.25) is 0 Å². The van der Waals surface area contributed by atoms with E-state index < -0.39 is 0 Å². The number of hydrogen-bond donors (Lipinski definition) is 0. The van der Waals surface area contributed by atoms with Crippen LogP contribution in [0.3, 0.4) is 0 Å². The predicted molar refractivity (Wildman–Crippen MR) is 86.7 cm³/mol. The summed E-state index contributed by atoms with van der Waals surface area (Å²) in [5.74, 6) is 0. The minimum atomic E-state index is 0.224. The normalized spacial score (nSPS) is 22.6. The van der Waals surface area contributed by atoms with Gasteiger partial charge in [0.25, 0.3) is 0 Å². The van der Waals surface area contributed by atoms with Gasteiger partial charge < -0.3 is 4.74 Å². The van der Waals surface area contributed by atoms with Gasteiger partial charge in [0.1, 0.15) is 0 Å². The smallest absolute Gasteiger partial charge is 0.0828 e. The Morgan fingerprint density at radius 3 is 2.70 bits per heavy atom. The van der Waals surface area contributed by atoms with Crippen LogP contribution in [0.2, 0.25) is 0 Å². The first kappa shape index (κ1) is 15.3. The van der Waals surface area contributed by atoms with Crippen molar-refractivity contribution in [1.82, 2.24) is 0 Å². The minimum Gasteiger partial charge on any atom is -0.370 e. The van der Waals surface area contributed by atoms with E-state index in [1.54, 1.807) is 0 Å². The van der Waals surface area contributed by atoms with Gasteiger partial charge in [-0.1, -0.05) is 69.5 Å². The second kappa shape index (κ2) is 8.26. The highest BCUT2D eigenvalue weighted by Gasteiger charge is 2.24. The molecule has 0 N–H and O–H groups in total. The topological polar surface area (TPSA) is 9.23 Å². The van der Waals surface area contributed by atoms with E-state index in [1.807, 2.05) is 0 Å². The molecular formula is C19H28O. The highest BCUT2D eigenvalue weighted by atomic mass is 16.5. The summed E-state index contributed by atoms with van der Waals surface area (Å²) in [5, 5.41) is 0. The molecule has 2 rings (SSSR count). The lowest BCUT2D eigenvalue weighted by Gasteiger charge is -2.31. The van der Waals surface area contributed by atoms with E-state index in [0.717, 1.165) is 12.0 Å². The fraction of sp³-hybridized carbons (Fsp3) is 0.579. The lowest BCUT2D eigenvalue weighted by molar-refractivity contribution is -0.0249. The number of ether oxygens (including phenoxy) is 1. The maximum Gasteiger partial charge on any atom is 0.0828 e. The molecule has 1 aromatic carbocycles. The molecule has 1 aliphatic rings. The van der Waals surface area contributed by atoms with Crippen LogP contribution in [-0.2, 0) is 4.74 Å². The molecule has 0 radical (unpaired) electrons. The van der Waals surface area contributed by atoms with Crippen LogP contribution in [0.25, 0.3) is 5.57 Å². The van der Waals surface area contributed by atoms with E-state index >= 15 is 0 Å². The standard InChI is InChI=1S/C19H28O/c1-3-4-5-9-13-18-14-10-15-19(20-18)16(2)17-11-7-6-8-12-17/h6-8,11-12,18-19H,2-5,9-10,13-15H2,1H3/t18-,19-/m0/s1. The lowest BCUT2D eigenvalue weighted by atomic mass is 9.93. The molecule has 0 aliphatic carbocycles. The first-order valence-electron chi connectivity index (χ1n) is 8.21. The van der Waals surface area contributed by atoms with Crippen molar-refractivity contribution in [3.8, 4) is 0 Å². The summed E-state index contributed by atoms with van der Waals surface area (Å²) in [5.41, 5.74) is 2.38. The summed E-state index contributed by atoms with van der Waals surface area (Å²) in [6, 6.07) is 10.5. The van der Waals surface area contributed by atoms with Gasteiger partial charge >= 0.3 is 0 Å². The number of benzene rings is 1. The Hall–Kier alpha value is -1.08. The molecule has 1 aromatic rings. The third-order valence-electron chi connectivity index (χ3n) is 4.26. The Bertz CT molecular complexity index is 395. The molecule has 2 atom stereocenters. The molecule has 0 amide bonds. The molecule has 1 heteroatoms. The molecule has 0 saturated carbocycles. The van der Waals surface area contributed by atoms with Gasteiger partial charge in [-0.3, -0.25) is 0 Å². The molecule has 1 aliphatic heterocycles. The third kappa shape index (κ3) is 4.49. The zero-order chi connectivity index (χ0) is 14.2. The summed E-state index contributed by atoms with van der Waals surface area (Å²) >= 11 is 0. The van der Waals surface area contributed by atoms with Gasteiger partial charge in [-0.25, -0.2) is 0 Å². The molecule has 20 heavy (non-hydrogen) atoms. The van der Waals surface area contributed by atoms with Crippen LogP contribution in [0.1, 0.15) is 63.9 Å². The second-order valence-electron chi connectivity index (χ2n) is 5.92. The van der Waals surface area contributed by atoms with Crippen LogP contribution in [-0.4, -0.2) is 12.2 Å². The Kier molecular flexibility index (Phi) is 6.32. The molecule has 1 fully saturated rings. The molecule has 0 unspecified atom stereocenters. The molecule has 0 bridgehead atoms. The van der Waals surface area contributed by atoms with Crippen LogP contribution in [0.5, 0.6) is 0 Å². The van der Waals surface area contributed by atoms with Crippen molar-refractivity contribution in [2.75, 3.05) is 0 Å². The number of hydrogen-bond acceptors (Lipinski definition) is 1. The van der Waals surface area contributed by atoms with Gasteiger partial charge in [0.05, 0.1) is 12.2 Å². The van der Waals surface area contributed by atoms with Crippen molar-refractivity contribution < 1.29 is 4.74 Å². The number of unbranched alkanes of at least 4 members (excludes halogenated alkanes) is 3. The van der Waals surface area contributed by atoms with Crippen molar-refractivity contribution >= 4 is 5.57 Å². The average Bonchev–Trinajstić information content (AvgIpc) is 2.52. The summed E-state index contributed by atoms with van der Waals surface area (Å²) < 4.78 is 6.28. The monoisotopic (exact) mass is 272 g/mol. The van der Waals surface area contributed by atoms with Crippen molar-refractivity contribution in [3.05, 3.63) is 42.5 Å². The molecule has 1 nitrogen and oxygen atoms in total. The van der Waals surface area contributed by atoms with Crippen molar-refractivity contribution in [2.24, 2.45) is 0 Å². The van der Waals surface area contributed by atoms with E-state index in [-0.39, 0.29) is 6.10 Å². The summed E-state index contributed by atoms with van der Waals surface area (Å²) in [4.78, 5) is 0. The maximum absolute atomic E-state index is 6.28. The van der Waals surface area contributed by atoms with Gasteiger partial charge in [0, 0.05) is 0 Å². The van der Waals surface area contributed by atoms with Crippen molar-refractivity contribution in [2.45, 2.75) is 70.5 Å². The summed E-state index contributed by atoms with van der Waals surface area (Å²) in [7, 11) is 0. The van der Waals surface area contributed by atoms with Gasteiger partial charge in [-0.2, -0.15) is 0 Å². The van der Waals surface area contributed by atoms with Gasteiger partial charge in [-0.15, -0.1) is 0 Å². The SMILES string of the molecule is C=C(c1ccccc1)[C@@H]1CCC[C@H](CCCCCC)O1. The largest absolute Gasteiger partial charge is 0.370 e. The third-order valence-corrected chi connectivity index (χ3v) is 4.26. The van der Waals surface area contributed by atoms with Crippen LogP contribution in [0.15, 0.2) is 36.9 Å².